The van der Waals surface area contributed by atoms with E-state index >= 15 is 0 Å². The summed E-state index contributed by atoms with van der Waals surface area (Å²) >= 11 is 6.35. The molecule has 2 aromatic heterocycles. The summed E-state index contributed by atoms with van der Waals surface area (Å²) in [6.07, 6.45) is 2.46. The fraction of sp³-hybridized carbons (Fsp3) is 0.235. The van der Waals surface area contributed by atoms with E-state index in [0.29, 0.717) is 34.3 Å². The van der Waals surface area contributed by atoms with Crippen molar-refractivity contribution in [3.8, 4) is 11.4 Å². The summed E-state index contributed by atoms with van der Waals surface area (Å²) in [5.74, 6) is 0.626. The molecule has 0 unspecified atom stereocenters. The normalized spacial score (nSPS) is 16.6. The largest absolute Gasteiger partial charge is 0.315 e. The fourth-order valence-electron chi connectivity index (χ4n) is 3.12. The lowest BCUT2D eigenvalue weighted by molar-refractivity contribution is 0.0978. The van der Waals surface area contributed by atoms with Crippen molar-refractivity contribution in [3.05, 3.63) is 53.2 Å². The second-order valence-corrected chi connectivity index (χ2v) is 6.32. The Balaban J connectivity index is 1.80. The maximum atomic E-state index is 13.5. The molecular formula is C17H16ClN7O. The lowest BCUT2D eigenvalue weighted by atomic mass is 10.0. The molecule has 0 saturated carbocycles. The van der Waals surface area contributed by atoms with Crippen LogP contribution in [0.2, 0.25) is 5.02 Å². The molecule has 3 aromatic rings. The second kappa shape index (κ2) is 7.19. The molecule has 1 amide bonds. The fourth-order valence-corrected chi connectivity index (χ4v) is 3.33. The smallest absolute Gasteiger partial charge is 0.260 e. The zero-order chi connectivity index (χ0) is 17.9. The first-order valence-electron chi connectivity index (χ1n) is 8.23. The minimum absolute atomic E-state index is 0.0341. The van der Waals surface area contributed by atoms with Crippen molar-refractivity contribution in [3.63, 3.8) is 0 Å². The molecule has 9 heteroatoms. The molecule has 0 aliphatic carbocycles. The monoisotopic (exact) mass is 369 g/mol. The average Bonchev–Trinajstić information content (AvgIpc) is 3.37. The van der Waals surface area contributed by atoms with Crippen LogP contribution in [-0.4, -0.2) is 50.6 Å². The summed E-state index contributed by atoms with van der Waals surface area (Å²) < 4.78 is 0. The van der Waals surface area contributed by atoms with E-state index in [2.05, 4.69) is 30.9 Å². The molecular weight excluding hydrogens is 354 g/mol. The van der Waals surface area contributed by atoms with Crippen molar-refractivity contribution in [1.82, 2.24) is 30.9 Å². The third-order valence-electron chi connectivity index (χ3n) is 4.33. The van der Waals surface area contributed by atoms with Gasteiger partial charge in [-0.1, -0.05) is 29.8 Å². The lowest BCUT2D eigenvalue weighted by Gasteiger charge is -2.28. The van der Waals surface area contributed by atoms with Gasteiger partial charge in [-0.3, -0.25) is 9.69 Å². The maximum Gasteiger partial charge on any atom is 0.260 e. The third kappa shape index (κ3) is 3.04. The first kappa shape index (κ1) is 16.6. The minimum atomic E-state index is -0.195. The second-order valence-electron chi connectivity index (χ2n) is 5.91. The Labute approximate surface area is 154 Å². The number of aromatic nitrogens is 5. The highest BCUT2D eigenvalue weighted by molar-refractivity contribution is 6.33. The number of carbonyl (C=O) groups excluding carboxylic acids is 1. The number of halogens is 1. The van der Waals surface area contributed by atoms with Crippen LogP contribution < -0.4 is 10.2 Å². The minimum Gasteiger partial charge on any atom is -0.315 e. The highest BCUT2D eigenvalue weighted by atomic mass is 35.5. The molecule has 8 nitrogen and oxygen atoms in total. The van der Waals surface area contributed by atoms with Gasteiger partial charge in [0.05, 0.1) is 16.6 Å². The number of aromatic amines is 1. The van der Waals surface area contributed by atoms with Gasteiger partial charge in [-0.15, -0.1) is 10.2 Å². The first-order valence-corrected chi connectivity index (χ1v) is 8.61. The average molecular weight is 370 g/mol. The predicted octanol–water partition coefficient (Wildman–Crippen LogP) is 1.92. The van der Waals surface area contributed by atoms with Gasteiger partial charge in [-0.25, -0.2) is 4.98 Å². The van der Waals surface area contributed by atoms with Crippen molar-refractivity contribution in [2.24, 2.45) is 0 Å². The number of hydrogen-bond acceptors (Lipinski definition) is 6. The Morgan fingerprint density at radius 2 is 2.12 bits per heavy atom. The van der Waals surface area contributed by atoms with Gasteiger partial charge >= 0.3 is 0 Å². The molecule has 0 radical (unpaired) electrons. The van der Waals surface area contributed by atoms with Gasteiger partial charge in [0.2, 0.25) is 5.82 Å². The number of nitrogens with zero attached hydrogens (tertiary/aromatic N) is 5. The number of pyridine rings is 1. The van der Waals surface area contributed by atoms with Gasteiger partial charge in [0.15, 0.2) is 5.82 Å². The van der Waals surface area contributed by atoms with E-state index in [-0.39, 0.29) is 11.9 Å². The van der Waals surface area contributed by atoms with Gasteiger partial charge in [0.1, 0.15) is 0 Å². The number of hydrogen-bond donors (Lipinski definition) is 2. The van der Waals surface area contributed by atoms with Crippen molar-refractivity contribution in [2.75, 3.05) is 18.0 Å². The number of anilines is 1. The Bertz CT molecular complexity index is 909. The number of carbonyl (C=O) groups is 1. The van der Waals surface area contributed by atoms with E-state index in [4.69, 9.17) is 11.6 Å². The molecule has 1 saturated heterocycles. The van der Waals surface area contributed by atoms with Gasteiger partial charge in [0.25, 0.3) is 5.91 Å². The molecule has 0 bridgehead atoms. The molecule has 4 rings (SSSR count). The Kier molecular flexibility index (Phi) is 4.59. The molecule has 0 spiro atoms. The summed E-state index contributed by atoms with van der Waals surface area (Å²) in [5.41, 5.74) is 1.08. The van der Waals surface area contributed by atoms with Crippen molar-refractivity contribution >= 4 is 23.3 Å². The van der Waals surface area contributed by atoms with E-state index < -0.39 is 0 Å². The summed E-state index contributed by atoms with van der Waals surface area (Å²) in [6, 6.07) is 10.6. The zero-order valence-corrected chi connectivity index (χ0v) is 14.5. The summed E-state index contributed by atoms with van der Waals surface area (Å²) in [4.78, 5) is 19.5. The molecule has 132 valence electrons. The van der Waals surface area contributed by atoms with Crippen LogP contribution in [0.3, 0.4) is 0 Å². The van der Waals surface area contributed by atoms with Crippen LogP contribution in [0.4, 0.5) is 5.82 Å². The van der Waals surface area contributed by atoms with E-state index in [9.17, 15) is 4.79 Å². The van der Waals surface area contributed by atoms with Crippen molar-refractivity contribution in [1.29, 1.82) is 0 Å². The quantitative estimate of drug-likeness (QED) is 0.728. The van der Waals surface area contributed by atoms with E-state index in [0.717, 1.165) is 13.0 Å². The Hall–Kier alpha value is -2.84. The highest BCUT2D eigenvalue weighted by Gasteiger charge is 2.32. The van der Waals surface area contributed by atoms with Crippen molar-refractivity contribution < 1.29 is 4.79 Å². The highest BCUT2D eigenvalue weighted by Crippen LogP contribution is 2.30. The zero-order valence-electron chi connectivity index (χ0n) is 13.8. The van der Waals surface area contributed by atoms with Crippen LogP contribution in [0.25, 0.3) is 11.4 Å². The van der Waals surface area contributed by atoms with E-state index in [1.807, 2.05) is 12.1 Å². The number of tetrazole rings is 1. The number of nitrogens with one attached hydrogen (secondary N) is 2. The number of amides is 1. The van der Waals surface area contributed by atoms with Crippen LogP contribution >= 0.6 is 11.6 Å². The summed E-state index contributed by atoms with van der Waals surface area (Å²) in [7, 11) is 0. The van der Waals surface area contributed by atoms with Crippen LogP contribution in [0.15, 0.2) is 42.6 Å². The Morgan fingerprint density at radius 1 is 1.23 bits per heavy atom. The molecule has 1 atom stereocenters. The summed E-state index contributed by atoms with van der Waals surface area (Å²) in [5, 5.41) is 17.7. The SMILES string of the molecule is O=C(c1ccccc1-c1nn[nH]n1)N(c1ncccc1Cl)[C@H]1CCNC1. The molecule has 1 aliphatic heterocycles. The predicted molar refractivity (Wildman–Crippen MR) is 96.9 cm³/mol. The molecule has 1 aromatic carbocycles. The van der Waals surface area contributed by atoms with Gasteiger partial charge < -0.3 is 5.32 Å². The molecule has 26 heavy (non-hydrogen) atoms. The first-order chi connectivity index (χ1) is 12.8. The number of H-pyrrole nitrogens is 1. The van der Waals surface area contributed by atoms with E-state index in [1.54, 1.807) is 35.4 Å². The third-order valence-corrected chi connectivity index (χ3v) is 4.62. The maximum absolute atomic E-state index is 13.5. The number of benzene rings is 1. The molecule has 1 aliphatic rings. The van der Waals surface area contributed by atoms with E-state index in [1.165, 1.54) is 0 Å². The van der Waals surface area contributed by atoms with Gasteiger partial charge in [-0.2, -0.15) is 5.21 Å². The standard InChI is InChI=1S/C17H16ClN7O/c18-14-6-3-8-20-16(14)25(11-7-9-19-10-11)17(26)13-5-2-1-4-12(13)15-21-23-24-22-15/h1-6,8,11,19H,7,9-10H2,(H,21,22,23,24)/t11-/m0/s1. The summed E-state index contributed by atoms with van der Waals surface area (Å²) in [6.45, 7) is 1.52. The van der Waals surface area contributed by atoms with Crippen LogP contribution in [0, 0.1) is 0 Å². The van der Waals surface area contributed by atoms with Crippen LogP contribution in [0.5, 0.6) is 0 Å². The van der Waals surface area contributed by atoms with Gasteiger partial charge in [0, 0.05) is 18.3 Å². The molecule has 1 fully saturated rings. The Morgan fingerprint density at radius 3 is 2.85 bits per heavy atom. The van der Waals surface area contributed by atoms with Crippen molar-refractivity contribution in [2.45, 2.75) is 12.5 Å². The number of rotatable bonds is 4. The van der Waals surface area contributed by atoms with Gasteiger partial charge in [-0.05, 0) is 36.4 Å². The topological polar surface area (TPSA) is 99.7 Å². The molecule has 2 N–H and O–H groups in total. The van der Waals surface area contributed by atoms with Crippen LogP contribution in [-0.2, 0) is 0 Å². The lowest BCUT2D eigenvalue weighted by Crippen LogP contribution is -2.42. The molecule has 3 heterocycles. The van der Waals surface area contributed by atoms with Crippen LogP contribution in [0.1, 0.15) is 16.8 Å².